The maximum Gasteiger partial charge on any atom is 0.255 e. The molecule has 0 unspecified atom stereocenters. The molecule has 4 nitrogen and oxygen atoms in total. The molecule has 3 heterocycles. The van der Waals surface area contributed by atoms with Gasteiger partial charge in [-0.25, -0.2) is 0 Å². The van der Waals surface area contributed by atoms with Crippen molar-refractivity contribution in [2.45, 2.75) is 19.8 Å². The number of halogens is 1. The van der Waals surface area contributed by atoms with Crippen LogP contribution in [0.5, 0.6) is 0 Å². The summed E-state index contributed by atoms with van der Waals surface area (Å²) in [6, 6.07) is 18.4. The first-order valence-corrected chi connectivity index (χ1v) is 10.2. The Labute approximate surface area is 182 Å². The van der Waals surface area contributed by atoms with Crippen molar-refractivity contribution in [3.05, 3.63) is 88.0 Å². The highest BCUT2D eigenvalue weighted by Gasteiger charge is 2.17. The fraction of sp³-hybridized carbons (Fsp3) is 0.240. The van der Waals surface area contributed by atoms with Crippen LogP contribution in [-0.2, 0) is 19.9 Å². The van der Waals surface area contributed by atoms with E-state index < -0.39 is 0 Å². The maximum atomic E-state index is 12.9. The van der Waals surface area contributed by atoms with Crippen molar-refractivity contribution < 1.29 is 0 Å². The number of rotatable bonds is 2. The van der Waals surface area contributed by atoms with Crippen LogP contribution >= 0.6 is 12.4 Å². The van der Waals surface area contributed by atoms with Crippen LogP contribution in [0.1, 0.15) is 16.8 Å². The predicted molar refractivity (Wildman–Crippen MR) is 126 cm³/mol. The van der Waals surface area contributed by atoms with E-state index in [-0.39, 0.29) is 18.0 Å². The summed E-state index contributed by atoms with van der Waals surface area (Å²) >= 11 is 0. The van der Waals surface area contributed by atoms with Crippen LogP contribution in [0.25, 0.3) is 27.7 Å². The van der Waals surface area contributed by atoms with Gasteiger partial charge in [0.15, 0.2) is 0 Å². The second-order valence-electron chi connectivity index (χ2n) is 7.93. The largest absolute Gasteiger partial charge is 0.347 e. The van der Waals surface area contributed by atoms with Crippen LogP contribution in [-0.4, -0.2) is 22.2 Å². The zero-order valence-corrected chi connectivity index (χ0v) is 18.1. The van der Waals surface area contributed by atoms with E-state index in [2.05, 4.69) is 66.3 Å². The number of nitrogens with one attached hydrogen (secondary N) is 1. The van der Waals surface area contributed by atoms with E-state index in [9.17, 15) is 4.79 Å². The second kappa shape index (κ2) is 8.13. The van der Waals surface area contributed by atoms with Crippen LogP contribution in [0.3, 0.4) is 0 Å². The van der Waals surface area contributed by atoms with Crippen molar-refractivity contribution >= 4 is 23.3 Å². The average Bonchev–Trinajstić information content (AvgIpc) is 2.89. The molecule has 1 aliphatic heterocycles. The molecule has 154 valence electrons. The number of nitrogens with zero attached hydrogens (tertiary/aromatic N) is 2. The minimum atomic E-state index is -0.0117. The Kier molecular flexibility index (Phi) is 5.54. The van der Waals surface area contributed by atoms with Crippen LogP contribution in [0, 0.1) is 6.92 Å². The Morgan fingerprint density at radius 3 is 2.43 bits per heavy atom. The molecule has 0 atom stereocenters. The fourth-order valence-corrected chi connectivity index (χ4v) is 4.47. The first-order chi connectivity index (χ1) is 14.1. The lowest BCUT2D eigenvalue weighted by molar-refractivity contribution is 0.699. The molecule has 0 saturated carbocycles. The number of benzene rings is 2. The molecule has 0 fully saturated rings. The molecule has 0 saturated heterocycles. The van der Waals surface area contributed by atoms with Gasteiger partial charge < -0.3 is 9.88 Å². The molecule has 0 bridgehead atoms. The third-order valence-electron chi connectivity index (χ3n) is 6.09. The lowest BCUT2D eigenvalue weighted by atomic mass is 10.1. The lowest BCUT2D eigenvalue weighted by Gasteiger charge is -2.09. The normalized spacial score (nSPS) is 13.5. The topological polar surface area (TPSA) is 39.0 Å². The smallest absolute Gasteiger partial charge is 0.255 e. The molecule has 0 radical (unpaired) electrons. The molecule has 0 spiro atoms. The van der Waals surface area contributed by atoms with Gasteiger partial charge in [0, 0.05) is 43.4 Å². The van der Waals surface area contributed by atoms with Gasteiger partial charge in [-0.3, -0.25) is 9.36 Å². The van der Waals surface area contributed by atoms with Crippen LogP contribution in [0.4, 0.5) is 0 Å². The lowest BCUT2D eigenvalue weighted by Crippen LogP contribution is -2.17. The molecule has 0 amide bonds. The summed E-state index contributed by atoms with van der Waals surface area (Å²) in [7, 11) is 2.14. The molecule has 2 aromatic heterocycles. The maximum absolute atomic E-state index is 12.9. The van der Waals surface area contributed by atoms with Gasteiger partial charge in [-0.1, -0.05) is 35.9 Å². The van der Waals surface area contributed by atoms with E-state index in [0.29, 0.717) is 0 Å². The summed E-state index contributed by atoms with van der Waals surface area (Å²) in [4.78, 5) is 12.9. The van der Waals surface area contributed by atoms with Crippen molar-refractivity contribution in [3.63, 3.8) is 0 Å². The van der Waals surface area contributed by atoms with Crippen molar-refractivity contribution in [1.82, 2.24) is 14.5 Å². The fourth-order valence-electron chi connectivity index (χ4n) is 4.47. The quantitative estimate of drug-likeness (QED) is 0.522. The molecule has 5 heteroatoms. The van der Waals surface area contributed by atoms with Crippen molar-refractivity contribution in [2.75, 3.05) is 13.1 Å². The van der Waals surface area contributed by atoms with E-state index in [0.717, 1.165) is 42.7 Å². The van der Waals surface area contributed by atoms with Crippen molar-refractivity contribution in [3.8, 4) is 16.8 Å². The Balaban J connectivity index is 0.00000218. The van der Waals surface area contributed by atoms with Gasteiger partial charge in [0.25, 0.3) is 5.56 Å². The summed E-state index contributed by atoms with van der Waals surface area (Å²) in [5, 5.41) is 4.78. The summed E-state index contributed by atoms with van der Waals surface area (Å²) in [5.74, 6) is 0. The highest BCUT2D eigenvalue weighted by molar-refractivity contribution is 5.87. The highest BCUT2D eigenvalue weighted by atomic mass is 35.5. The zero-order chi connectivity index (χ0) is 20.0. The number of aromatic nitrogens is 2. The van der Waals surface area contributed by atoms with E-state index in [1.54, 1.807) is 10.6 Å². The number of fused-ring (bicyclic) bond motifs is 3. The summed E-state index contributed by atoms with van der Waals surface area (Å²) < 4.78 is 4.03. The van der Waals surface area contributed by atoms with Crippen LogP contribution in [0.15, 0.2) is 65.6 Å². The molecule has 4 aromatic rings. The number of pyridine rings is 1. The van der Waals surface area contributed by atoms with Gasteiger partial charge in [0.2, 0.25) is 0 Å². The van der Waals surface area contributed by atoms with Crippen LogP contribution in [0.2, 0.25) is 0 Å². The molecule has 1 aliphatic rings. The third kappa shape index (κ3) is 3.47. The Morgan fingerprint density at radius 1 is 0.900 bits per heavy atom. The Hall–Kier alpha value is -2.82. The van der Waals surface area contributed by atoms with Gasteiger partial charge in [-0.2, -0.15) is 0 Å². The standard InChI is InChI=1S/C25H25N3O.ClH/c1-17-3-5-18(6-4-17)19-11-14-28(25(29)15-19)20-7-8-21-22-9-12-26-13-10-23(22)27(2)24(21)16-20;/h3-8,11,14-16,26H,9-10,12-13H2,1-2H3;1H. The number of hydrogen-bond acceptors (Lipinski definition) is 2. The molecular formula is C25H26ClN3O. The van der Waals surface area contributed by atoms with Crippen LogP contribution < -0.4 is 10.9 Å². The first-order valence-electron chi connectivity index (χ1n) is 10.2. The van der Waals surface area contributed by atoms with Gasteiger partial charge in [-0.05, 0) is 54.8 Å². The SMILES string of the molecule is Cc1ccc(-c2ccn(-c3ccc4c5c(n(C)c4c3)CCNCC5)c(=O)c2)cc1.Cl. The molecule has 0 aliphatic carbocycles. The number of hydrogen-bond donors (Lipinski definition) is 1. The molecular weight excluding hydrogens is 394 g/mol. The molecule has 5 rings (SSSR count). The van der Waals surface area contributed by atoms with E-state index in [4.69, 9.17) is 0 Å². The van der Waals surface area contributed by atoms with Gasteiger partial charge in [0.1, 0.15) is 0 Å². The zero-order valence-electron chi connectivity index (χ0n) is 17.3. The Morgan fingerprint density at radius 2 is 1.67 bits per heavy atom. The molecule has 2 aromatic carbocycles. The van der Waals surface area contributed by atoms with E-state index >= 15 is 0 Å². The van der Waals surface area contributed by atoms with Gasteiger partial charge >= 0.3 is 0 Å². The summed E-state index contributed by atoms with van der Waals surface area (Å²) in [6.45, 7) is 4.11. The van der Waals surface area contributed by atoms with E-state index in [1.165, 1.54) is 27.7 Å². The van der Waals surface area contributed by atoms with Gasteiger partial charge in [-0.15, -0.1) is 12.4 Å². The average molecular weight is 420 g/mol. The highest BCUT2D eigenvalue weighted by Crippen LogP contribution is 2.29. The predicted octanol–water partition coefficient (Wildman–Crippen LogP) is 4.41. The second-order valence-corrected chi connectivity index (χ2v) is 7.93. The minimum Gasteiger partial charge on any atom is -0.347 e. The third-order valence-corrected chi connectivity index (χ3v) is 6.09. The van der Waals surface area contributed by atoms with Crippen molar-refractivity contribution in [2.24, 2.45) is 7.05 Å². The van der Waals surface area contributed by atoms with Crippen molar-refractivity contribution in [1.29, 1.82) is 0 Å². The molecule has 1 N–H and O–H groups in total. The Bertz CT molecular complexity index is 1270. The minimum absolute atomic E-state index is 0. The molecule has 30 heavy (non-hydrogen) atoms. The summed E-state index contributed by atoms with van der Waals surface area (Å²) in [6.07, 6.45) is 3.98. The monoisotopic (exact) mass is 419 g/mol. The van der Waals surface area contributed by atoms with Gasteiger partial charge in [0.05, 0.1) is 11.2 Å². The summed E-state index contributed by atoms with van der Waals surface area (Å²) in [5.41, 5.74) is 8.18. The van der Waals surface area contributed by atoms with E-state index in [1.807, 2.05) is 12.3 Å². The number of aryl methyl sites for hydroxylation is 2. The first kappa shape index (κ1) is 20.5.